The zero-order valence-corrected chi connectivity index (χ0v) is 18.5. The predicted molar refractivity (Wildman–Crippen MR) is 120 cm³/mol. The molecule has 0 aliphatic rings. The molecule has 29 heavy (non-hydrogen) atoms. The van der Waals surface area contributed by atoms with Crippen molar-refractivity contribution in [2.75, 3.05) is 13.1 Å². The van der Waals surface area contributed by atoms with Gasteiger partial charge in [0.25, 0.3) is 5.91 Å². The van der Waals surface area contributed by atoms with E-state index in [1.165, 1.54) is 21.8 Å². The summed E-state index contributed by atoms with van der Waals surface area (Å²) in [5.74, 6) is -0.0952. The van der Waals surface area contributed by atoms with Crippen LogP contribution in [0, 0.1) is 6.92 Å². The Kier molecular flexibility index (Phi) is 7.61. The number of hydrogen-bond acceptors (Lipinski definition) is 4. The molecule has 0 radical (unpaired) electrons. The second-order valence-corrected chi connectivity index (χ2v) is 8.91. The number of nitrogens with zero attached hydrogens (tertiary/aromatic N) is 2. The van der Waals surface area contributed by atoms with Gasteiger partial charge in [0.1, 0.15) is 6.54 Å². The number of amides is 2. The van der Waals surface area contributed by atoms with E-state index in [9.17, 15) is 9.59 Å². The third-order valence-electron chi connectivity index (χ3n) is 4.71. The number of carbonyl (C=O) groups excluding carboxylic acids is 2. The number of benzene rings is 1. The minimum atomic E-state index is -0.0674. The van der Waals surface area contributed by atoms with Gasteiger partial charge in [-0.15, -0.1) is 22.7 Å². The second kappa shape index (κ2) is 10.4. The van der Waals surface area contributed by atoms with Gasteiger partial charge < -0.3 is 9.80 Å². The summed E-state index contributed by atoms with van der Waals surface area (Å²) in [5.41, 5.74) is 2.28. The molecule has 0 N–H and O–H groups in total. The summed E-state index contributed by atoms with van der Waals surface area (Å²) >= 11 is 3.08. The van der Waals surface area contributed by atoms with Crippen LogP contribution in [0.2, 0.25) is 0 Å². The molecule has 0 atom stereocenters. The van der Waals surface area contributed by atoms with Crippen molar-refractivity contribution in [1.82, 2.24) is 9.80 Å². The van der Waals surface area contributed by atoms with Crippen molar-refractivity contribution in [3.8, 4) is 0 Å². The molecule has 1 aromatic carbocycles. The Morgan fingerprint density at radius 1 is 0.897 bits per heavy atom. The first-order valence-corrected chi connectivity index (χ1v) is 11.5. The van der Waals surface area contributed by atoms with E-state index in [0.29, 0.717) is 24.5 Å². The Balaban J connectivity index is 1.78. The molecule has 0 aliphatic heterocycles. The van der Waals surface area contributed by atoms with Crippen molar-refractivity contribution >= 4 is 34.5 Å². The molecule has 3 rings (SSSR count). The molecule has 3 aromatic rings. The molecule has 2 aromatic heterocycles. The summed E-state index contributed by atoms with van der Waals surface area (Å²) in [5, 5.41) is 3.94. The highest BCUT2D eigenvalue weighted by atomic mass is 32.1. The van der Waals surface area contributed by atoms with Gasteiger partial charge >= 0.3 is 0 Å². The maximum atomic E-state index is 13.3. The zero-order chi connectivity index (χ0) is 20.6. The van der Waals surface area contributed by atoms with Gasteiger partial charge in [-0.05, 0) is 47.4 Å². The average molecular weight is 427 g/mol. The third kappa shape index (κ3) is 5.78. The molecular formula is C23H26N2O2S2. The van der Waals surface area contributed by atoms with E-state index in [-0.39, 0.29) is 18.4 Å². The van der Waals surface area contributed by atoms with Crippen LogP contribution in [-0.2, 0) is 17.9 Å². The average Bonchev–Trinajstić information content (AvgIpc) is 3.40. The van der Waals surface area contributed by atoms with Crippen LogP contribution in [0.5, 0.6) is 0 Å². The normalized spacial score (nSPS) is 10.7. The molecule has 0 saturated heterocycles. The van der Waals surface area contributed by atoms with E-state index in [1.807, 2.05) is 59.7 Å². The fourth-order valence-electron chi connectivity index (χ4n) is 3.12. The third-order valence-corrected chi connectivity index (χ3v) is 6.58. The molecule has 152 valence electrons. The fraction of sp³-hybridized carbons (Fsp3) is 0.304. The largest absolute Gasteiger partial charge is 0.332 e. The van der Waals surface area contributed by atoms with Gasteiger partial charge in [0.2, 0.25) is 5.91 Å². The van der Waals surface area contributed by atoms with Crippen molar-refractivity contribution in [1.29, 1.82) is 0 Å². The molecule has 4 nitrogen and oxygen atoms in total. The maximum Gasteiger partial charge on any atom is 0.264 e. The highest BCUT2D eigenvalue weighted by molar-refractivity contribution is 7.12. The predicted octanol–water partition coefficient (Wildman–Crippen LogP) is 5.20. The first-order valence-electron chi connectivity index (χ1n) is 9.76. The fourth-order valence-corrected chi connectivity index (χ4v) is 4.73. The van der Waals surface area contributed by atoms with Crippen molar-refractivity contribution in [3.63, 3.8) is 0 Å². The zero-order valence-electron chi connectivity index (χ0n) is 16.8. The minimum absolute atomic E-state index is 0.0278. The lowest BCUT2D eigenvalue weighted by Crippen LogP contribution is -2.42. The molecule has 2 heterocycles. The summed E-state index contributed by atoms with van der Waals surface area (Å²) in [7, 11) is 0. The van der Waals surface area contributed by atoms with Crippen molar-refractivity contribution in [2.45, 2.75) is 33.4 Å². The first kappa shape index (κ1) is 21.3. The molecule has 0 unspecified atom stereocenters. The molecule has 0 bridgehead atoms. The number of hydrogen-bond donors (Lipinski definition) is 0. The number of aryl methyl sites for hydroxylation is 1. The molecule has 2 amide bonds. The van der Waals surface area contributed by atoms with Gasteiger partial charge in [-0.2, -0.15) is 0 Å². The van der Waals surface area contributed by atoms with Crippen LogP contribution >= 0.6 is 22.7 Å². The second-order valence-electron chi connectivity index (χ2n) is 6.97. The van der Waals surface area contributed by atoms with E-state index >= 15 is 0 Å². The lowest BCUT2D eigenvalue weighted by molar-refractivity contribution is -0.133. The van der Waals surface area contributed by atoms with Crippen LogP contribution < -0.4 is 0 Å². The van der Waals surface area contributed by atoms with Gasteiger partial charge in [0, 0.05) is 18.0 Å². The van der Waals surface area contributed by atoms with E-state index in [4.69, 9.17) is 0 Å². The lowest BCUT2D eigenvalue weighted by Gasteiger charge is -2.27. The highest BCUT2D eigenvalue weighted by Crippen LogP contribution is 2.20. The summed E-state index contributed by atoms with van der Waals surface area (Å²) < 4.78 is 0. The molecule has 0 aliphatic carbocycles. The smallest absolute Gasteiger partial charge is 0.264 e. The van der Waals surface area contributed by atoms with Crippen LogP contribution in [0.15, 0.2) is 59.3 Å². The SMILES string of the molecule is CCCN(CC(=O)N(Cc1ccccc1)Cc1sccc1C)C(=O)c1cccs1. The molecular weight excluding hydrogens is 400 g/mol. The van der Waals surface area contributed by atoms with Gasteiger partial charge in [0.15, 0.2) is 0 Å². The Bertz CT molecular complexity index is 920. The van der Waals surface area contributed by atoms with Gasteiger partial charge in [-0.25, -0.2) is 0 Å². The molecule has 0 fully saturated rings. The Morgan fingerprint density at radius 2 is 1.69 bits per heavy atom. The summed E-state index contributed by atoms with van der Waals surface area (Å²) in [6.45, 7) is 5.85. The summed E-state index contributed by atoms with van der Waals surface area (Å²) in [6.07, 6.45) is 0.813. The quantitative estimate of drug-likeness (QED) is 0.472. The standard InChI is InChI=1S/C23H26N2O2S2/c1-3-12-24(23(27)20-10-7-13-28-20)17-22(26)25(15-19-8-5-4-6-9-19)16-21-18(2)11-14-29-21/h4-11,13-14H,3,12,15-17H2,1-2H3. The van der Waals surface area contributed by atoms with Crippen LogP contribution in [0.4, 0.5) is 0 Å². The Labute approximate surface area is 180 Å². The van der Waals surface area contributed by atoms with Crippen LogP contribution in [0.3, 0.4) is 0 Å². The van der Waals surface area contributed by atoms with Crippen LogP contribution in [-0.4, -0.2) is 34.7 Å². The molecule has 0 saturated carbocycles. The van der Waals surface area contributed by atoms with Crippen molar-refractivity contribution in [2.24, 2.45) is 0 Å². The maximum absolute atomic E-state index is 13.3. The lowest BCUT2D eigenvalue weighted by atomic mass is 10.2. The van der Waals surface area contributed by atoms with Crippen molar-refractivity contribution < 1.29 is 9.59 Å². The van der Waals surface area contributed by atoms with E-state index in [0.717, 1.165) is 12.0 Å². The van der Waals surface area contributed by atoms with Crippen LogP contribution in [0.1, 0.15) is 39.0 Å². The van der Waals surface area contributed by atoms with E-state index < -0.39 is 0 Å². The molecule has 6 heteroatoms. The number of thiophene rings is 2. The van der Waals surface area contributed by atoms with Crippen molar-refractivity contribution in [3.05, 3.63) is 80.2 Å². The Morgan fingerprint density at radius 3 is 2.31 bits per heavy atom. The van der Waals surface area contributed by atoms with E-state index in [2.05, 4.69) is 18.4 Å². The van der Waals surface area contributed by atoms with Gasteiger partial charge in [0.05, 0.1) is 11.4 Å². The monoisotopic (exact) mass is 426 g/mol. The Hall–Kier alpha value is -2.44. The van der Waals surface area contributed by atoms with Gasteiger partial charge in [-0.1, -0.05) is 43.3 Å². The van der Waals surface area contributed by atoms with E-state index in [1.54, 1.807) is 16.2 Å². The van der Waals surface area contributed by atoms with Gasteiger partial charge in [-0.3, -0.25) is 9.59 Å². The summed E-state index contributed by atoms with van der Waals surface area (Å²) in [6, 6.07) is 15.8. The first-order chi connectivity index (χ1) is 14.1. The minimum Gasteiger partial charge on any atom is -0.332 e. The summed E-state index contributed by atoms with van der Waals surface area (Å²) in [4.78, 5) is 31.5. The highest BCUT2D eigenvalue weighted by Gasteiger charge is 2.23. The molecule has 0 spiro atoms. The number of rotatable bonds is 9. The topological polar surface area (TPSA) is 40.6 Å². The van der Waals surface area contributed by atoms with Crippen LogP contribution in [0.25, 0.3) is 0 Å². The number of carbonyl (C=O) groups is 2.